The van der Waals surface area contributed by atoms with Crippen molar-refractivity contribution >= 4 is 29.1 Å². The first-order chi connectivity index (χ1) is 18.9. The molecule has 3 aromatic rings. The van der Waals surface area contributed by atoms with Crippen LogP contribution in [0.2, 0.25) is 0 Å². The van der Waals surface area contributed by atoms with E-state index in [9.17, 15) is 23.2 Å². The number of halogens is 2. The van der Waals surface area contributed by atoms with Crippen LogP contribution in [0.25, 0.3) is 0 Å². The highest BCUT2D eigenvalue weighted by Gasteiger charge is 2.30. The van der Waals surface area contributed by atoms with Gasteiger partial charge in [0.05, 0.1) is 5.56 Å². The number of ether oxygens (including phenoxy) is 1. The average molecular weight is 534 g/mol. The molecule has 5 rings (SSSR count). The molecule has 3 amide bonds. The van der Waals surface area contributed by atoms with E-state index in [4.69, 9.17) is 0 Å². The zero-order chi connectivity index (χ0) is 27.4. The molecule has 0 spiro atoms. The number of amides is 3. The molecule has 9 heteroatoms. The van der Waals surface area contributed by atoms with Crippen molar-refractivity contribution < 1.29 is 27.9 Å². The summed E-state index contributed by atoms with van der Waals surface area (Å²) in [6.45, 7) is -1.77. The molecule has 7 nitrogen and oxygen atoms in total. The second kappa shape index (κ2) is 11.6. The number of anilines is 2. The first-order valence-corrected chi connectivity index (χ1v) is 13.0. The molecule has 1 saturated carbocycles. The number of likely N-dealkylation sites (tertiary alicyclic amines) is 1. The van der Waals surface area contributed by atoms with Gasteiger partial charge in [-0.25, -0.2) is 0 Å². The fourth-order valence-electron chi connectivity index (χ4n) is 4.77. The van der Waals surface area contributed by atoms with Gasteiger partial charge in [0.1, 0.15) is 5.75 Å². The molecule has 1 heterocycles. The topological polar surface area (TPSA) is 87.7 Å². The maximum atomic E-state index is 13.0. The predicted octanol–water partition coefficient (Wildman–Crippen LogP) is 5.91. The molecule has 3 aromatic carbocycles. The summed E-state index contributed by atoms with van der Waals surface area (Å²) >= 11 is 0. The monoisotopic (exact) mass is 533 g/mol. The molecule has 2 N–H and O–H groups in total. The Kier molecular flexibility index (Phi) is 7.86. The molecule has 1 aliphatic carbocycles. The van der Waals surface area contributed by atoms with Gasteiger partial charge in [-0.3, -0.25) is 14.4 Å². The van der Waals surface area contributed by atoms with E-state index in [1.807, 2.05) is 17.0 Å². The van der Waals surface area contributed by atoms with Crippen LogP contribution in [0.15, 0.2) is 72.8 Å². The standard InChI is InChI=1S/C30H29F2N3O4/c31-30(32)39-26-4-2-1-3-25(26)28(37)34-24-11-7-19(8-12-24)20-15-17-35(18-16-20)29(38)22-9-13-23(14-10-22)33-27(36)21-5-6-21/h1-4,7-14,20-21,30H,5-6,15-18H2,(H,33,36)(H,34,37). The minimum atomic E-state index is -3.02. The average Bonchev–Trinajstić information content (AvgIpc) is 3.80. The summed E-state index contributed by atoms with van der Waals surface area (Å²) in [7, 11) is 0. The van der Waals surface area contributed by atoms with Crippen molar-refractivity contribution in [3.8, 4) is 5.75 Å². The van der Waals surface area contributed by atoms with Crippen LogP contribution >= 0.6 is 0 Å². The number of benzene rings is 3. The van der Waals surface area contributed by atoms with Crippen LogP contribution in [0.3, 0.4) is 0 Å². The van der Waals surface area contributed by atoms with Crippen molar-refractivity contribution in [2.75, 3.05) is 23.7 Å². The molecule has 2 fully saturated rings. The van der Waals surface area contributed by atoms with Crippen LogP contribution in [0.4, 0.5) is 20.2 Å². The lowest BCUT2D eigenvalue weighted by molar-refractivity contribution is -0.117. The minimum absolute atomic E-state index is 0.0246. The number of hydrogen-bond donors (Lipinski definition) is 2. The molecule has 0 atom stereocenters. The predicted molar refractivity (Wildman–Crippen MR) is 143 cm³/mol. The van der Waals surface area contributed by atoms with E-state index in [-0.39, 0.29) is 35.0 Å². The second-order valence-corrected chi connectivity index (χ2v) is 9.86. The molecule has 202 valence electrons. The Morgan fingerprint density at radius 1 is 0.795 bits per heavy atom. The van der Waals surface area contributed by atoms with E-state index in [0.29, 0.717) is 30.0 Å². The highest BCUT2D eigenvalue weighted by Crippen LogP contribution is 2.31. The minimum Gasteiger partial charge on any atom is -0.434 e. The number of hydrogen-bond acceptors (Lipinski definition) is 4. The molecule has 1 saturated heterocycles. The van der Waals surface area contributed by atoms with Crippen LogP contribution < -0.4 is 15.4 Å². The molecule has 1 aliphatic heterocycles. The zero-order valence-corrected chi connectivity index (χ0v) is 21.2. The lowest BCUT2D eigenvalue weighted by atomic mass is 9.89. The van der Waals surface area contributed by atoms with E-state index < -0.39 is 12.5 Å². The van der Waals surface area contributed by atoms with Crippen molar-refractivity contribution in [3.63, 3.8) is 0 Å². The van der Waals surface area contributed by atoms with Gasteiger partial charge in [-0.2, -0.15) is 8.78 Å². The van der Waals surface area contributed by atoms with Crippen molar-refractivity contribution in [1.29, 1.82) is 0 Å². The molecular weight excluding hydrogens is 504 g/mol. The largest absolute Gasteiger partial charge is 0.434 e. The van der Waals surface area contributed by atoms with Crippen molar-refractivity contribution in [1.82, 2.24) is 4.90 Å². The number of alkyl halides is 2. The number of carbonyl (C=O) groups is 3. The van der Waals surface area contributed by atoms with Gasteiger partial charge in [0.25, 0.3) is 11.8 Å². The summed E-state index contributed by atoms with van der Waals surface area (Å²) in [5.41, 5.74) is 2.97. The highest BCUT2D eigenvalue weighted by atomic mass is 19.3. The van der Waals surface area contributed by atoms with Crippen LogP contribution in [0.5, 0.6) is 5.75 Å². The Labute approximate surface area is 225 Å². The van der Waals surface area contributed by atoms with Gasteiger partial charge in [-0.05, 0) is 85.7 Å². The summed E-state index contributed by atoms with van der Waals surface area (Å²) in [6.07, 6.45) is 3.50. The van der Waals surface area contributed by atoms with E-state index in [0.717, 1.165) is 31.2 Å². The van der Waals surface area contributed by atoms with Gasteiger partial charge in [0.2, 0.25) is 5.91 Å². The van der Waals surface area contributed by atoms with Crippen molar-refractivity contribution in [2.24, 2.45) is 5.92 Å². The van der Waals surface area contributed by atoms with Crippen LogP contribution in [0, 0.1) is 5.92 Å². The molecule has 0 bridgehead atoms. The van der Waals surface area contributed by atoms with Gasteiger partial charge < -0.3 is 20.3 Å². The second-order valence-electron chi connectivity index (χ2n) is 9.86. The van der Waals surface area contributed by atoms with Crippen LogP contribution in [-0.4, -0.2) is 42.3 Å². The molecule has 0 radical (unpaired) electrons. The smallest absolute Gasteiger partial charge is 0.387 e. The quantitative estimate of drug-likeness (QED) is 0.377. The number of nitrogens with zero attached hydrogens (tertiary/aromatic N) is 1. The summed E-state index contributed by atoms with van der Waals surface area (Å²) in [5, 5.41) is 5.61. The van der Waals surface area contributed by atoms with Crippen molar-refractivity contribution in [2.45, 2.75) is 38.2 Å². The number of carbonyl (C=O) groups excluding carboxylic acids is 3. The number of piperidine rings is 1. The third-order valence-electron chi connectivity index (χ3n) is 7.12. The Hall–Kier alpha value is -4.27. The summed E-state index contributed by atoms with van der Waals surface area (Å²) < 4.78 is 29.8. The van der Waals surface area contributed by atoms with Crippen LogP contribution in [-0.2, 0) is 4.79 Å². The van der Waals surface area contributed by atoms with E-state index >= 15 is 0 Å². The fourth-order valence-corrected chi connectivity index (χ4v) is 4.77. The van der Waals surface area contributed by atoms with Gasteiger partial charge in [-0.1, -0.05) is 24.3 Å². The molecule has 0 aromatic heterocycles. The van der Waals surface area contributed by atoms with Gasteiger partial charge >= 0.3 is 6.61 Å². The fraction of sp³-hybridized carbons (Fsp3) is 0.300. The number of nitrogens with one attached hydrogen (secondary N) is 2. The molecule has 39 heavy (non-hydrogen) atoms. The SMILES string of the molecule is O=C(Nc1ccc(C2CCN(C(=O)c3ccc(NC(=O)C4CC4)cc3)CC2)cc1)c1ccccc1OC(F)F. The Morgan fingerprint density at radius 3 is 2.05 bits per heavy atom. The molecule has 0 unspecified atom stereocenters. The Balaban J connectivity index is 1.13. The lowest BCUT2D eigenvalue weighted by Crippen LogP contribution is -2.37. The maximum Gasteiger partial charge on any atom is 0.387 e. The number of rotatable bonds is 8. The Bertz CT molecular complexity index is 1330. The normalized spacial score (nSPS) is 15.6. The maximum absolute atomic E-state index is 13.0. The first-order valence-electron chi connectivity index (χ1n) is 13.0. The molecular formula is C30H29F2N3O4. The zero-order valence-electron chi connectivity index (χ0n) is 21.2. The summed E-state index contributed by atoms with van der Waals surface area (Å²) in [6, 6.07) is 20.3. The van der Waals surface area contributed by atoms with E-state index in [1.54, 1.807) is 42.5 Å². The first kappa shape index (κ1) is 26.3. The summed E-state index contributed by atoms with van der Waals surface area (Å²) in [4.78, 5) is 39.4. The highest BCUT2D eigenvalue weighted by molar-refractivity contribution is 6.06. The summed E-state index contributed by atoms with van der Waals surface area (Å²) in [5.74, 6) is -0.304. The number of para-hydroxylation sites is 1. The van der Waals surface area contributed by atoms with E-state index in [1.165, 1.54) is 18.2 Å². The van der Waals surface area contributed by atoms with Gasteiger partial charge in [0.15, 0.2) is 0 Å². The molecule has 2 aliphatic rings. The van der Waals surface area contributed by atoms with Gasteiger partial charge in [-0.15, -0.1) is 0 Å². The Morgan fingerprint density at radius 2 is 1.41 bits per heavy atom. The van der Waals surface area contributed by atoms with Crippen molar-refractivity contribution in [3.05, 3.63) is 89.5 Å². The van der Waals surface area contributed by atoms with Crippen LogP contribution in [0.1, 0.15) is 57.9 Å². The lowest BCUT2D eigenvalue weighted by Gasteiger charge is -2.32. The van der Waals surface area contributed by atoms with Gasteiger partial charge in [0, 0.05) is 35.9 Å². The third kappa shape index (κ3) is 6.60. The van der Waals surface area contributed by atoms with E-state index in [2.05, 4.69) is 15.4 Å². The third-order valence-corrected chi connectivity index (χ3v) is 7.12.